The molecule has 0 unspecified atom stereocenters. The van der Waals surface area contributed by atoms with Crippen LogP contribution in [0.2, 0.25) is 0 Å². The van der Waals surface area contributed by atoms with Crippen LogP contribution in [0.3, 0.4) is 0 Å². The van der Waals surface area contributed by atoms with Crippen LogP contribution in [0, 0.1) is 0 Å². The number of methoxy groups -OCH3 is 1. The second-order valence-corrected chi connectivity index (χ2v) is 4.34. The summed E-state index contributed by atoms with van der Waals surface area (Å²) in [5, 5.41) is 0. The van der Waals surface area contributed by atoms with Crippen LogP contribution in [0.5, 0.6) is 5.75 Å². The fourth-order valence-corrected chi connectivity index (χ4v) is 1.98. The number of carbonyl (C=O) groups excluding carboxylic acids is 1. The summed E-state index contributed by atoms with van der Waals surface area (Å²) >= 11 is 0. The molecule has 0 fully saturated rings. The third kappa shape index (κ3) is 3.49. The second-order valence-electron chi connectivity index (χ2n) is 4.34. The van der Waals surface area contributed by atoms with Gasteiger partial charge in [-0.15, -0.1) is 13.2 Å². The molecule has 0 aromatic heterocycles. The Morgan fingerprint density at radius 1 is 1.09 bits per heavy atom. The van der Waals surface area contributed by atoms with Crippen molar-refractivity contribution in [3.8, 4) is 16.9 Å². The van der Waals surface area contributed by atoms with Crippen molar-refractivity contribution < 1.29 is 27.4 Å². The fraction of sp³-hybridized carbons (Fsp3) is 0.133. The van der Waals surface area contributed by atoms with Gasteiger partial charge in [0.15, 0.2) is 0 Å². The van der Waals surface area contributed by atoms with Crippen LogP contribution in [0.15, 0.2) is 42.5 Å². The molecule has 22 heavy (non-hydrogen) atoms. The standard InChI is InChI=1S/C15H12F3NO3/c1-21-14(20)11-7-6-9(19)8-12(11)10-4-2-3-5-13(10)22-15(16,17)18/h2-8H,19H2,1H3. The van der Waals surface area contributed by atoms with Crippen molar-refractivity contribution in [1.82, 2.24) is 0 Å². The van der Waals surface area contributed by atoms with E-state index >= 15 is 0 Å². The maximum absolute atomic E-state index is 12.5. The third-order valence-corrected chi connectivity index (χ3v) is 2.85. The molecule has 0 heterocycles. The molecule has 0 amide bonds. The van der Waals surface area contributed by atoms with Gasteiger partial charge in [-0.1, -0.05) is 18.2 Å². The van der Waals surface area contributed by atoms with Crippen LogP contribution in [0.1, 0.15) is 10.4 Å². The normalized spacial score (nSPS) is 11.1. The number of hydrogen-bond acceptors (Lipinski definition) is 4. The first kappa shape index (κ1) is 15.7. The number of halogens is 3. The van der Waals surface area contributed by atoms with E-state index in [0.29, 0.717) is 5.69 Å². The van der Waals surface area contributed by atoms with Gasteiger partial charge >= 0.3 is 12.3 Å². The van der Waals surface area contributed by atoms with Crippen LogP contribution in [0.25, 0.3) is 11.1 Å². The van der Waals surface area contributed by atoms with E-state index < -0.39 is 18.1 Å². The number of nitrogen functional groups attached to an aromatic ring is 1. The van der Waals surface area contributed by atoms with Crippen molar-refractivity contribution in [2.45, 2.75) is 6.36 Å². The highest BCUT2D eigenvalue weighted by molar-refractivity contribution is 5.98. The summed E-state index contributed by atoms with van der Waals surface area (Å²) in [6, 6.07) is 9.74. The smallest absolute Gasteiger partial charge is 0.465 e. The Bertz CT molecular complexity index is 699. The van der Waals surface area contributed by atoms with Crippen LogP contribution < -0.4 is 10.5 Å². The van der Waals surface area contributed by atoms with E-state index in [1.54, 1.807) is 0 Å². The summed E-state index contributed by atoms with van der Waals surface area (Å²) in [5.41, 5.74) is 6.35. The van der Waals surface area contributed by atoms with E-state index in [9.17, 15) is 18.0 Å². The van der Waals surface area contributed by atoms with Crippen LogP contribution in [-0.4, -0.2) is 19.4 Å². The zero-order chi connectivity index (χ0) is 16.3. The average molecular weight is 311 g/mol. The van der Waals surface area contributed by atoms with Crippen molar-refractivity contribution in [1.29, 1.82) is 0 Å². The number of carbonyl (C=O) groups is 1. The molecule has 4 nitrogen and oxygen atoms in total. The molecule has 0 aliphatic rings. The summed E-state index contributed by atoms with van der Waals surface area (Å²) < 4.78 is 46.1. The van der Waals surface area contributed by atoms with E-state index in [2.05, 4.69) is 9.47 Å². The largest absolute Gasteiger partial charge is 0.573 e. The Labute approximate surface area is 124 Å². The van der Waals surface area contributed by atoms with Gasteiger partial charge in [-0.3, -0.25) is 0 Å². The van der Waals surface area contributed by atoms with Gasteiger partial charge in [-0.2, -0.15) is 0 Å². The van der Waals surface area contributed by atoms with Gasteiger partial charge in [0, 0.05) is 16.8 Å². The molecule has 2 aromatic carbocycles. The maximum atomic E-state index is 12.5. The number of nitrogens with two attached hydrogens (primary N) is 1. The quantitative estimate of drug-likeness (QED) is 0.694. The van der Waals surface area contributed by atoms with Gasteiger partial charge in [0.25, 0.3) is 0 Å². The lowest BCUT2D eigenvalue weighted by Gasteiger charge is -2.15. The Kier molecular flexibility index (Phi) is 4.25. The van der Waals surface area contributed by atoms with E-state index in [-0.39, 0.29) is 16.7 Å². The SMILES string of the molecule is COC(=O)c1ccc(N)cc1-c1ccccc1OC(F)(F)F. The highest BCUT2D eigenvalue weighted by atomic mass is 19.4. The van der Waals surface area contributed by atoms with E-state index in [0.717, 1.165) is 6.07 Å². The van der Waals surface area contributed by atoms with E-state index in [4.69, 9.17) is 5.73 Å². The van der Waals surface area contributed by atoms with Gasteiger partial charge in [0.05, 0.1) is 12.7 Å². The Morgan fingerprint density at radius 2 is 1.77 bits per heavy atom. The molecule has 0 saturated heterocycles. The third-order valence-electron chi connectivity index (χ3n) is 2.85. The number of anilines is 1. The molecular weight excluding hydrogens is 299 g/mol. The first-order valence-corrected chi connectivity index (χ1v) is 6.15. The number of hydrogen-bond donors (Lipinski definition) is 1. The number of alkyl halides is 3. The highest BCUT2D eigenvalue weighted by Crippen LogP contribution is 2.36. The topological polar surface area (TPSA) is 61.5 Å². The zero-order valence-electron chi connectivity index (χ0n) is 11.5. The monoisotopic (exact) mass is 311 g/mol. The molecule has 2 N–H and O–H groups in total. The lowest BCUT2D eigenvalue weighted by atomic mass is 9.98. The summed E-state index contributed by atoms with van der Waals surface area (Å²) in [7, 11) is 1.18. The minimum Gasteiger partial charge on any atom is -0.465 e. The lowest BCUT2D eigenvalue weighted by molar-refractivity contribution is -0.274. The predicted molar refractivity (Wildman–Crippen MR) is 74.3 cm³/mol. The van der Waals surface area contributed by atoms with E-state index in [1.807, 2.05) is 0 Å². The van der Waals surface area contributed by atoms with Gasteiger partial charge in [0.2, 0.25) is 0 Å². The maximum Gasteiger partial charge on any atom is 0.573 e. The van der Waals surface area contributed by atoms with Gasteiger partial charge < -0.3 is 15.2 Å². The average Bonchev–Trinajstić information content (AvgIpc) is 2.45. The predicted octanol–water partition coefficient (Wildman–Crippen LogP) is 3.62. The summed E-state index contributed by atoms with van der Waals surface area (Å²) in [4.78, 5) is 11.8. The molecule has 0 aliphatic carbocycles. The number of para-hydroxylation sites is 1. The molecule has 0 radical (unpaired) electrons. The molecular formula is C15H12F3NO3. The minimum atomic E-state index is -4.85. The van der Waals surface area contributed by atoms with Gasteiger partial charge in [-0.25, -0.2) is 4.79 Å². The zero-order valence-corrected chi connectivity index (χ0v) is 11.5. The Morgan fingerprint density at radius 3 is 2.41 bits per heavy atom. The Hall–Kier alpha value is -2.70. The van der Waals surface area contributed by atoms with Crippen LogP contribution >= 0.6 is 0 Å². The van der Waals surface area contributed by atoms with Crippen LogP contribution in [0.4, 0.5) is 18.9 Å². The van der Waals surface area contributed by atoms with Gasteiger partial charge in [0.1, 0.15) is 5.75 Å². The molecule has 0 atom stereocenters. The number of ether oxygens (including phenoxy) is 2. The first-order valence-electron chi connectivity index (χ1n) is 6.15. The van der Waals surface area contributed by atoms with Gasteiger partial charge in [-0.05, 0) is 24.3 Å². The van der Waals surface area contributed by atoms with E-state index in [1.165, 1.54) is 43.5 Å². The van der Waals surface area contributed by atoms with Crippen molar-refractivity contribution in [3.63, 3.8) is 0 Å². The number of esters is 1. The highest BCUT2D eigenvalue weighted by Gasteiger charge is 2.32. The lowest BCUT2D eigenvalue weighted by Crippen LogP contribution is -2.17. The molecule has 0 bridgehead atoms. The summed E-state index contributed by atoms with van der Waals surface area (Å²) in [6.07, 6.45) is -4.85. The van der Waals surface area contributed by atoms with Crippen molar-refractivity contribution in [2.24, 2.45) is 0 Å². The van der Waals surface area contributed by atoms with Crippen molar-refractivity contribution in [3.05, 3.63) is 48.0 Å². The molecule has 7 heteroatoms. The van der Waals surface area contributed by atoms with Crippen molar-refractivity contribution >= 4 is 11.7 Å². The number of rotatable bonds is 3. The molecule has 0 spiro atoms. The molecule has 0 aliphatic heterocycles. The minimum absolute atomic E-state index is 0.0903. The van der Waals surface area contributed by atoms with Crippen LogP contribution in [-0.2, 0) is 4.74 Å². The molecule has 116 valence electrons. The Balaban J connectivity index is 2.61. The second kappa shape index (κ2) is 5.97. The molecule has 2 aromatic rings. The fourth-order valence-electron chi connectivity index (χ4n) is 1.98. The summed E-state index contributed by atoms with van der Waals surface area (Å²) in [5.74, 6) is -1.11. The first-order chi connectivity index (χ1) is 10.3. The number of benzene rings is 2. The van der Waals surface area contributed by atoms with Crippen molar-refractivity contribution in [2.75, 3.05) is 12.8 Å². The molecule has 2 rings (SSSR count). The molecule has 0 saturated carbocycles. The summed E-state index contributed by atoms with van der Waals surface area (Å²) in [6.45, 7) is 0.